The van der Waals surface area contributed by atoms with Gasteiger partial charge in [0, 0.05) is 31.2 Å². The fourth-order valence-corrected chi connectivity index (χ4v) is 2.39. The standard InChI is InChI=1S/C11H17N5O/c12-10-5-9(14-15-10)11(17)13-7-3-4-16(6-7)8-1-2-8/h5,7-8H,1-4,6H2,(H,13,17)(H3,12,14,15). The number of H-pyrrole nitrogens is 1. The van der Waals surface area contributed by atoms with Gasteiger partial charge in [-0.25, -0.2) is 0 Å². The van der Waals surface area contributed by atoms with E-state index in [1.165, 1.54) is 12.8 Å². The van der Waals surface area contributed by atoms with Crippen LogP contribution in [0.1, 0.15) is 29.8 Å². The molecule has 2 aliphatic rings. The van der Waals surface area contributed by atoms with Gasteiger partial charge < -0.3 is 11.1 Å². The zero-order chi connectivity index (χ0) is 11.8. The number of aromatic amines is 1. The minimum absolute atomic E-state index is 0.114. The third kappa shape index (κ3) is 2.26. The number of likely N-dealkylation sites (tertiary alicyclic amines) is 1. The second-order valence-electron chi connectivity index (χ2n) is 4.89. The molecule has 0 spiro atoms. The predicted molar refractivity (Wildman–Crippen MR) is 63.5 cm³/mol. The molecule has 0 bridgehead atoms. The van der Waals surface area contributed by atoms with Gasteiger partial charge in [-0.3, -0.25) is 14.8 Å². The summed E-state index contributed by atoms with van der Waals surface area (Å²) in [7, 11) is 0. The van der Waals surface area contributed by atoms with E-state index in [1.54, 1.807) is 6.07 Å². The van der Waals surface area contributed by atoms with Crippen molar-refractivity contribution in [3.8, 4) is 0 Å². The number of carbonyl (C=O) groups excluding carboxylic acids is 1. The van der Waals surface area contributed by atoms with E-state index in [1.807, 2.05) is 0 Å². The Morgan fingerprint density at radius 1 is 1.53 bits per heavy atom. The smallest absolute Gasteiger partial charge is 0.269 e. The minimum atomic E-state index is -0.114. The molecule has 6 nitrogen and oxygen atoms in total. The molecule has 1 aromatic heterocycles. The van der Waals surface area contributed by atoms with Gasteiger partial charge in [-0.05, 0) is 19.3 Å². The van der Waals surface area contributed by atoms with Crippen LogP contribution in [0, 0.1) is 0 Å². The Bertz CT molecular complexity index is 425. The Hall–Kier alpha value is -1.56. The first-order valence-electron chi connectivity index (χ1n) is 6.08. The highest BCUT2D eigenvalue weighted by atomic mass is 16.2. The summed E-state index contributed by atoms with van der Waals surface area (Å²) in [6.07, 6.45) is 3.67. The Labute approximate surface area is 99.5 Å². The van der Waals surface area contributed by atoms with E-state index in [4.69, 9.17) is 5.73 Å². The maximum Gasteiger partial charge on any atom is 0.269 e. The summed E-state index contributed by atoms with van der Waals surface area (Å²) in [6.45, 7) is 2.07. The zero-order valence-electron chi connectivity index (χ0n) is 9.65. The summed E-state index contributed by atoms with van der Waals surface area (Å²) >= 11 is 0. The number of rotatable bonds is 3. The highest BCUT2D eigenvalue weighted by molar-refractivity contribution is 5.93. The highest BCUT2D eigenvalue weighted by Gasteiger charge is 2.34. The number of nitrogens with two attached hydrogens (primary N) is 1. The molecule has 1 saturated heterocycles. The Kier molecular flexibility index (Phi) is 2.51. The summed E-state index contributed by atoms with van der Waals surface area (Å²) < 4.78 is 0. The normalized spacial score (nSPS) is 25.1. The summed E-state index contributed by atoms with van der Waals surface area (Å²) in [4.78, 5) is 14.3. The topological polar surface area (TPSA) is 87.0 Å². The van der Waals surface area contributed by atoms with Crippen LogP contribution in [-0.2, 0) is 0 Å². The van der Waals surface area contributed by atoms with Gasteiger partial charge in [0.25, 0.3) is 5.91 Å². The first-order valence-corrected chi connectivity index (χ1v) is 6.08. The third-order valence-electron chi connectivity index (χ3n) is 3.46. The molecule has 3 rings (SSSR count). The molecule has 1 amide bonds. The summed E-state index contributed by atoms with van der Waals surface area (Å²) in [5, 5.41) is 9.39. The maximum absolute atomic E-state index is 11.8. The number of nitrogen functional groups attached to an aromatic ring is 1. The van der Waals surface area contributed by atoms with Gasteiger partial charge in [0.2, 0.25) is 0 Å². The highest BCUT2D eigenvalue weighted by Crippen LogP contribution is 2.29. The van der Waals surface area contributed by atoms with E-state index in [0.29, 0.717) is 11.5 Å². The third-order valence-corrected chi connectivity index (χ3v) is 3.46. The zero-order valence-corrected chi connectivity index (χ0v) is 9.65. The van der Waals surface area contributed by atoms with Crippen molar-refractivity contribution in [2.24, 2.45) is 0 Å². The van der Waals surface area contributed by atoms with Gasteiger partial charge in [-0.2, -0.15) is 5.10 Å². The Balaban J connectivity index is 1.55. The lowest BCUT2D eigenvalue weighted by molar-refractivity contribution is 0.0932. The molecule has 1 aromatic rings. The molecule has 6 heteroatoms. The lowest BCUT2D eigenvalue weighted by Gasteiger charge is -2.15. The maximum atomic E-state index is 11.8. The summed E-state index contributed by atoms with van der Waals surface area (Å²) in [6, 6.07) is 2.59. The van der Waals surface area contributed by atoms with Gasteiger partial charge in [-0.15, -0.1) is 0 Å². The van der Waals surface area contributed by atoms with Gasteiger partial charge in [0.1, 0.15) is 11.5 Å². The molecule has 1 atom stereocenters. The van der Waals surface area contributed by atoms with E-state index in [2.05, 4.69) is 20.4 Å². The number of aromatic nitrogens is 2. The van der Waals surface area contributed by atoms with Crippen LogP contribution in [0.4, 0.5) is 5.82 Å². The van der Waals surface area contributed by atoms with Crippen molar-refractivity contribution >= 4 is 11.7 Å². The Morgan fingerprint density at radius 2 is 2.35 bits per heavy atom. The fourth-order valence-electron chi connectivity index (χ4n) is 2.39. The molecule has 1 aliphatic carbocycles. The number of nitrogens with zero attached hydrogens (tertiary/aromatic N) is 2. The van der Waals surface area contributed by atoms with Crippen LogP contribution in [0.3, 0.4) is 0 Å². The summed E-state index contributed by atoms with van der Waals surface area (Å²) in [5.41, 5.74) is 5.90. The molecule has 4 N–H and O–H groups in total. The average Bonchev–Trinajstić information content (AvgIpc) is 2.90. The fraction of sp³-hybridized carbons (Fsp3) is 0.636. The first kappa shape index (κ1) is 10.6. The molecule has 1 saturated carbocycles. The second kappa shape index (κ2) is 4.03. The van der Waals surface area contributed by atoms with Crippen molar-refractivity contribution in [2.75, 3.05) is 18.8 Å². The van der Waals surface area contributed by atoms with E-state index < -0.39 is 0 Å². The first-order chi connectivity index (χ1) is 8.22. The number of hydrogen-bond acceptors (Lipinski definition) is 4. The summed E-state index contributed by atoms with van der Waals surface area (Å²) in [5.74, 6) is 0.234. The molecule has 1 aliphatic heterocycles. The number of carbonyl (C=O) groups is 1. The van der Waals surface area contributed by atoms with Gasteiger partial charge >= 0.3 is 0 Å². The van der Waals surface area contributed by atoms with Gasteiger partial charge in [-0.1, -0.05) is 0 Å². The van der Waals surface area contributed by atoms with Crippen molar-refractivity contribution in [1.82, 2.24) is 20.4 Å². The number of hydrogen-bond donors (Lipinski definition) is 3. The molecular formula is C11H17N5O. The van der Waals surface area contributed by atoms with Crippen LogP contribution >= 0.6 is 0 Å². The predicted octanol–water partition coefficient (Wildman–Crippen LogP) is -0.0416. The minimum Gasteiger partial charge on any atom is -0.382 e. The van der Waals surface area contributed by atoms with Crippen LogP contribution in [0.25, 0.3) is 0 Å². The quantitative estimate of drug-likeness (QED) is 0.686. The molecule has 1 unspecified atom stereocenters. The molecule has 0 aromatic carbocycles. The Morgan fingerprint density at radius 3 is 3.00 bits per heavy atom. The van der Waals surface area contributed by atoms with Crippen LogP contribution in [0.15, 0.2) is 6.07 Å². The second-order valence-corrected chi connectivity index (χ2v) is 4.89. The SMILES string of the molecule is Nc1cc(C(=O)NC2CCN(C3CC3)C2)[nH]n1. The van der Waals surface area contributed by atoms with Crippen LogP contribution in [0.2, 0.25) is 0 Å². The van der Waals surface area contributed by atoms with Crippen molar-refractivity contribution in [2.45, 2.75) is 31.3 Å². The lowest BCUT2D eigenvalue weighted by Crippen LogP contribution is -2.37. The largest absolute Gasteiger partial charge is 0.382 e. The molecule has 17 heavy (non-hydrogen) atoms. The van der Waals surface area contributed by atoms with E-state index in [9.17, 15) is 4.79 Å². The number of anilines is 1. The molecule has 2 fully saturated rings. The number of nitrogens with one attached hydrogen (secondary N) is 2. The van der Waals surface area contributed by atoms with Crippen molar-refractivity contribution in [3.05, 3.63) is 11.8 Å². The molecule has 92 valence electrons. The molecule has 0 radical (unpaired) electrons. The average molecular weight is 235 g/mol. The van der Waals surface area contributed by atoms with Crippen molar-refractivity contribution < 1.29 is 4.79 Å². The van der Waals surface area contributed by atoms with Crippen LogP contribution in [-0.4, -0.2) is 46.2 Å². The molecule has 2 heterocycles. The molecular weight excluding hydrogens is 218 g/mol. The van der Waals surface area contributed by atoms with Crippen LogP contribution in [0.5, 0.6) is 0 Å². The number of amides is 1. The van der Waals surface area contributed by atoms with Gasteiger partial charge in [0.15, 0.2) is 0 Å². The van der Waals surface area contributed by atoms with Gasteiger partial charge in [0.05, 0.1) is 0 Å². The van der Waals surface area contributed by atoms with Crippen molar-refractivity contribution in [3.63, 3.8) is 0 Å². The van der Waals surface area contributed by atoms with E-state index in [0.717, 1.165) is 25.6 Å². The lowest BCUT2D eigenvalue weighted by atomic mass is 10.2. The monoisotopic (exact) mass is 235 g/mol. The van der Waals surface area contributed by atoms with E-state index in [-0.39, 0.29) is 11.9 Å². The van der Waals surface area contributed by atoms with Crippen LogP contribution < -0.4 is 11.1 Å². The van der Waals surface area contributed by atoms with E-state index >= 15 is 0 Å². The van der Waals surface area contributed by atoms with Crippen molar-refractivity contribution in [1.29, 1.82) is 0 Å².